The number of hydrogen-bond donors (Lipinski definition) is 2. The fourth-order valence-corrected chi connectivity index (χ4v) is 1.85. The third-order valence-electron chi connectivity index (χ3n) is 2.66. The molecular formula is C10H20N2O2. The first-order valence-electron chi connectivity index (χ1n) is 5.35. The van der Waals surface area contributed by atoms with E-state index in [1.807, 2.05) is 4.90 Å². The minimum atomic E-state index is -0.178. The molecule has 1 aliphatic rings. The van der Waals surface area contributed by atoms with Gasteiger partial charge in [-0.3, -0.25) is 4.79 Å². The number of aliphatic hydroxyl groups is 1. The van der Waals surface area contributed by atoms with E-state index < -0.39 is 0 Å². The topological polar surface area (TPSA) is 52.6 Å². The van der Waals surface area contributed by atoms with Crippen LogP contribution < -0.4 is 5.32 Å². The molecule has 0 radical (unpaired) electrons. The molecule has 2 N–H and O–H groups in total. The summed E-state index contributed by atoms with van der Waals surface area (Å²) in [6, 6.07) is 0.0974. The number of aliphatic hydroxyl groups excluding tert-OH is 1. The summed E-state index contributed by atoms with van der Waals surface area (Å²) in [5.41, 5.74) is 0. The van der Waals surface area contributed by atoms with Gasteiger partial charge in [0.2, 0.25) is 5.91 Å². The predicted molar refractivity (Wildman–Crippen MR) is 55.0 cm³/mol. The molecule has 1 rings (SSSR count). The van der Waals surface area contributed by atoms with Crippen molar-refractivity contribution in [3.8, 4) is 0 Å². The molecule has 1 heterocycles. The Hall–Kier alpha value is -0.610. The molecule has 2 atom stereocenters. The number of rotatable bonds is 4. The van der Waals surface area contributed by atoms with Crippen molar-refractivity contribution in [3.05, 3.63) is 0 Å². The second kappa shape index (κ2) is 5.32. The number of amides is 1. The minimum absolute atomic E-state index is 0.0672. The molecule has 4 nitrogen and oxygen atoms in total. The molecule has 0 aromatic heterocycles. The van der Waals surface area contributed by atoms with Crippen LogP contribution in [0.15, 0.2) is 0 Å². The van der Waals surface area contributed by atoms with Gasteiger partial charge >= 0.3 is 0 Å². The summed E-state index contributed by atoms with van der Waals surface area (Å²) in [5.74, 6) is 0.139. The molecule has 1 saturated heterocycles. The van der Waals surface area contributed by atoms with E-state index >= 15 is 0 Å². The van der Waals surface area contributed by atoms with E-state index in [0.717, 1.165) is 19.5 Å². The molecule has 2 unspecified atom stereocenters. The second-order valence-electron chi connectivity index (χ2n) is 3.85. The average Bonchev–Trinajstić information content (AvgIpc) is 2.17. The quantitative estimate of drug-likeness (QED) is 0.670. The summed E-state index contributed by atoms with van der Waals surface area (Å²) in [4.78, 5) is 13.8. The molecule has 14 heavy (non-hydrogen) atoms. The lowest BCUT2D eigenvalue weighted by Crippen LogP contribution is -2.59. The van der Waals surface area contributed by atoms with Gasteiger partial charge in [-0.2, -0.15) is 0 Å². The van der Waals surface area contributed by atoms with E-state index in [1.54, 1.807) is 0 Å². The van der Waals surface area contributed by atoms with Crippen molar-refractivity contribution in [2.45, 2.75) is 38.8 Å². The summed E-state index contributed by atoms with van der Waals surface area (Å²) in [6.07, 6.45) is 1.51. The molecule has 0 spiro atoms. The zero-order valence-electron chi connectivity index (χ0n) is 8.99. The largest absolute Gasteiger partial charge is 0.396 e. The summed E-state index contributed by atoms with van der Waals surface area (Å²) in [5, 5.41) is 12.0. The van der Waals surface area contributed by atoms with Gasteiger partial charge in [0.15, 0.2) is 0 Å². The maximum absolute atomic E-state index is 11.9. The van der Waals surface area contributed by atoms with Crippen LogP contribution in [0.4, 0.5) is 0 Å². The number of carbonyl (C=O) groups excluding carboxylic acids is 1. The molecular weight excluding hydrogens is 180 g/mol. The van der Waals surface area contributed by atoms with Crippen molar-refractivity contribution in [3.63, 3.8) is 0 Å². The van der Waals surface area contributed by atoms with Crippen LogP contribution in [0.25, 0.3) is 0 Å². The first kappa shape index (κ1) is 11.5. The minimum Gasteiger partial charge on any atom is -0.396 e. The molecule has 0 aliphatic carbocycles. The smallest absolute Gasteiger partial charge is 0.240 e. The van der Waals surface area contributed by atoms with Crippen LogP contribution in [-0.2, 0) is 4.79 Å². The van der Waals surface area contributed by atoms with E-state index in [0.29, 0.717) is 6.42 Å². The van der Waals surface area contributed by atoms with E-state index in [1.165, 1.54) is 0 Å². The number of carbonyl (C=O) groups is 1. The van der Waals surface area contributed by atoms with Crippen LogP contribution in [-0.4, -0.2) is 47.7 Å². The summed E-state index contributed by atoms with van der Waals surface area (Å²) >= 11 is 0. The molecule has 4 heteroatoms. The van der Waals surface area contributed by atoms with Crippen molar-refractivity contribution in [1.29, 1.82) is 0 Å². The molecule has 0 aromatic carbocycles. The zero-order valence-corrected chi connectivity index (χ0v) is 8.99. The maximum atomic E-state index is 11.9. The van der Waals surface area contributed by atoms with Gasteiger partial charge in [0.05, 0.1) is 6.04 Å². The van der Waals surface area contributed by atoms with Gasteiger partial charge in [0.25, 0.3) is 0 Å². The van der Waals surface area contributed by atoms with Crippen molar-refractivity contribution in [2.24, 2.45) is 0 Å². The van der Waals surface area contributed by atoms with Crippen LogP contribution >= 0.6 is 0 Å². The van der Waals surface area contributed by atoms with Gasteiger partial charge in [-0.1, -0.05) is 6.92 Å². The molecule has 1 aliphatic heterocycles. The second-order valence-corrected chi connectivity index (χ2v) is 3.85. The Morgan fingerprint density at radius 1 is 1.64 bits per heavy atom. The Balaban J connectivity index is 2.57. The molecule has 1 fully saturated rings. The number of nitrogens with zero attached hydrogens (tertiary/aromatic N) is 1. The van der Waals surface area contributed by atoms with Crippen LogP contribution in [0.3, 0.4) is 0 Å². The highest BCUT2D eigenvalue weighted by molar-refractivity contribution is 5.83. The van der Waals surface area contributed by atoms with Gasteiger partial charge in [-0.25, -0.2) is 0 Å². The third kappa shape index (κ3) is 2.45. The predicted octanol–water partition coefficient (Wildman–Crippen LogP) is -0.0323. The molecule has 0 bridgehead atoms. The fourth-order valence-electron chi connectivity index (χ4n) is 1.85. The third-order valence-corrected chi connectivity index (χ3v) is 2.66. The van der Waals surface area contributed by atoms with Crippen LogP contribution in [0.5, 0.6) is 0 Å². The lowest BCUT2D eigenvalue weighted by Gasteiger charge is -2.38. The van der Waals surface area contributed by atoms with Gasteiger partial charge in [-0.15, -0.1) is 0 Å². The Morgan fingerprint density at radius 3 is 2.93 bits per heavy atom. The number of piperazine rings is 1. The van der Waals surface area contributed by atoms with Crippen molar-refractivity contribution < 1.29 is 9.90 Å². The zero-order chi connectivity index (χ0) is 10.6. The summed E-state index contributed by atoms with van der Waals surface area (Å²) < 4.78 is 0. The van der Waals surface area contributed by atoms with E-state index in [4.69, 9.17) is 5.11 Å². The highest BCUT2D eigenvalue weighted by Gasteiger charge is 2.31. The lowest BCUT2D eigenvalue weighted by atomic mass is 10.1. The van der Waals surface area contributed by atoms with Crippen LogP contribution in [0, 0.1) is 0 Å². The van der Waals surface area contributed by atoms with Crippen molar-refractivity contribution in [2.75, 3.05) is 19.7 Å². The van der Waals surface area contributed by atoms with Crippen LogP contribution in [0.1, 0.15) is 26.7 Å². The number of hydrogen-bond acceptors (Lipinski definition) is 3. The van der Waals surface area contributed by atoms with Gasteiger partial charge in [0.1, 0.15) is 0 Å². The lowest BCUT2D eigenvalue weighted by molar-refractivity contribution is -0.138. The van der Waals surface area contributed by atoms with E-state index in [9.17, 15) is 4.79 Å². The normalized spacial score (nSPS) is 28.2. The SMILES string of the molecule is CCCN1C(=O)C(CCO)NCC1C. The average molecular weight is 200 g/mol. The monoisotopic (exact) mass is 200 g/mol. The molecule has 1 amide bonds. The van der Waals surface area contributed by atoms with Crippen LogP contribution in [0.2, 0.25) is 0 Å². The van der Waals surface area contributed by atoms with E-state index in [2.05, 4.69) is 19.2 Å². The first-order chi connectivity index (χ1) is 6.70. The fraction of sp³-hybridized carbons (Fsp3) is 0.900. The summed E-state index contributed by atoms with van der Waals surface area (Å²) in [6.45, 7) is 5.84. The number of nitrogens with one attached hydrogen (secondary N) is 1. The maximum Gasteiger partial charge on any atom is 0.240 e. The van der Waals surface area contributed by atoms with Gasteiger partial charge < -0.3 is 15.3 Å². The van der Waals surface area contributed by atoms with Crippen molar-refractivity contribution >= 4 is 5.91 Å². The summed E-state index contributed by atoms with van der Waals surface area (Å²) in [7, 11) is 0. The standard InChI is InChI=1S/C10H20N2O2/c1-3-5-12-8(2)7-11-9(4-6-13)10(12)14/h8-9,11,13H,3-7H2,1-2H3. The van der Waals surface area contributed by atoms with Crippen molar-refractivity contribution in [1.82, 2.24) is 10.2 Å². The Labute approximate surface area is 85.3 Å². The molecule has 82 valence electrons. The first-order valence-corrected chi connectivity index (χ1v) is 5.35. The Morgan fingerprint density at radius 2 is 2.36 bits per heavy atom. The molecule has 0 saturated carbocycles. The Bertz CT molecular complexity index is 197. The highest BCUT2D eigenvalue weighted by atomic mass is 16.3. The van der Waals surface area contributed by atoms with E-state index in [-0.39, 0.29) is 24.6 Å². The van der Waals surface area contributed by atoms with Gasteiger partial charge in [0, 0.05) is 25.7 Å². The highest BCUT2D eigenvalue weighted by Crippen LogP contribution is 2.10. The molecule has 0 aromatic rings. The Kier molecular flexibility index (Phi) is 4.35. The van der Waals surface area contributed by atoms with Gasteiger partial charge in [-0.05, 0) is 19.8 Å².